The van der Waals surface area contributed by atoms with Gasteiger partial charge in [-0.2, -0.15) is 0 Å². The molecule has 3 aliphatic rings. The number of nitriles is 1. The minimum Gasteiger partial charge on any atom is -0.496 e. The third kappa shape index (κ3) is 6.13. The number of anilines is 1. The summed E-state index contributed by atoms with van der Waals surface area (Å²) < 4.78 is 15.3. The zero-order chi connectivity index (χ0) is 42.0. The first kappa shape index (κ1) is 38.0. The molecule has 6 heteroatoms. The quantitative estimate of drug-likeness (QED) is 0.0956. The fraction of sp³-hybridized carbons (Fsp3) is 0.200. The first-order chi connectivity index (χ1) is 29.6. The van der Waals surface area contributed by atoms with Crippen molar-refractivity contribution in [3.05, 3.63) is 184 Å². The highest BCUT2D eigenvalue weighted by Crippen LogP contribution is 2.54. The van der Waals surface area contributed by atoms with Gasteiger partial charge in [-0.25, -0.2) is 10.1 Å². The lowest BCUT2D eigenvalue weighted by atomic mass is 9.68. The van der Waals surface area contributed by atoms with Gasteiger partial charge in [-0.3, -0.25) is 0 Å². The van der Waals surface area contributed by atoms with Crippen LogP contribution < -0.4 is 9.64 Å². The second-order valence-corrected chi connectivity index (χ2v) is 17.6. The van der Waals surface area contributed by atoms with Crippen molar-refractivity contribution in [1.29, 1.82) is 5.26 Å². The molecule has 0 atom stereocenters. The van der Waals surface area contributed by atoms with Gasteiger partial charge in [0, 0.05) is 51.4 Å². The van der Waals surface area contributed by atoms with Gasteiger partial charge < -0.3 is 18.9 Å². The Morgan fingerprint density at radius 2 is 1.23 bits per heavy atom. The molecule has 0 amide bonds. The predicted octanol–water partition coefficient (Wildman–Crippen LogP) is 13.5. The van der Waals surface area contributed by atoms with Crippen LogP contribution in [0.25, 0.3) is 66.0 Å². The van der Waals surface area contributed by atoms with Crippen LogP contribution in [0.4, 0.5) is 5.69 Å². The van der Waals surface area contributed by atoms with E-state index in [1.807, 2.05) is 12.2 Å². The van der Waals surface area contributed by atoms with E-state index in [1.165, 1.54) is 27.6 Å². The fourth-order valence-corrected chi connectivity index (χ4v) is 9.97. The molecule has 7 aromatic rings. The van der Waals surface area contributed by atoms with Crippen LogP contribution in [-0.4, -0.2) is 24.8 Å². The summed E-state index contributed by atoms with van der Waals surface area (Å²) >= 11 is 0. The summed E-state index contributed by atoms with van der Waals surface area (Å²) in [5.74, 6) is 1.93. The van der Waals surface area contributed by atoms with Gasteiger partial charge in [-0.15, -0.1) is 0 Å². The van der Waals surface area contributed by atoms with Crippen molar-refractivity contribution in [3.63, 3.8) is 0 Å². The number of hydrogen-bond acceptors (Lipinski definition) is 4. The fourth-order valence-electron chi connectivity index (χ4n) is 9.97. The van der Waals surface area contributed by atoms with Gasteiger partial charge in [0.1, 0.15) is 17.3 Å². The molecule has 61 heavy (non-hydrogen) atoms. The van der Waals surface area contributed by atoms with E-state index in [9.17, 15) is 5.26 Å². The molecular weight excluding hydrogens is 749 g/mol. The molecule has 298 valence electrons. The molecule has 0 radical (unpaired) electrons. The minimum atomic E-state index is -0.0618. The van der Waals surface area contributed by atoms with Gasteiger partial charge in [0.15, 0.2) is 0 Å². The molecule has 10 rings (SSSR count). The third-order valence-corrected chi connectivity index (χ3v) is 13.1. The van der Waals surface area contributed by atoms with Crippen molar-refractivity contribution in [2.24, 2.45) is 0 Å². The van der Waals surface area contributed by atoms with Crippen LogP contribution in [0.3, 0.4) is 0 Å². The lowest BCUT2D eigenvalue weighted by molar-refractivity contribution is 0.332. The molecule has 4 heterocycles. The molecule has 0 fully saturated rings. The second kappa shape index (κ2) is 14.5. The lowest BCUT2D eigenvalue weighted by Crippen LogP contribution is -2.45. The van der Waals surface area contributed by atoms with Gasteiger partial charge in [0.2, 0.25) is 0 Å². The Kier molecular flexibility index (Phi) is 9.00. The second-order valence-electron chi connectivity index (χ2n) is 17.6. The molecule has 3 aliphatic heterocycles. The molecule has 6 nitrogen and oxygen atoms in total. The monoisotopic (exact) mass is 794 g/mol. The van der Waals surface area contributed by atoms with Crippen LogP contribution in [0.15, 0.2) is 150 Å². The zero-order valence-corrected chi connectivity index (χ0v) is 35.2. The molecule has 6 aromatic carbocycles. The number of hydrogen-bond donors (Lipinski definition) is 0. The highest BCUT2D eigenvalue weighted by molar-refractivity contribution is 6.17. The van der Waals surface area contributed by atoms with Gasteiger partial charge in [0.05, 0.1) is 36.5 Å². The first-order valence-electron chi connectivity index (χ1n) is 21.0. The van der Waals surface area contributed by atoms with Crippen LogP contribution in [0.2, 0.25) is 0 Å². The number of ether oxygens (including phenoxy) is 2. The van der Waals surface area contributed by atoms with Gasteiger partial charge in [-0.1, -0.05) is 119 Å². The zero-order valence-electron chi connectivity index (χ0n) is 35.2. The topological polar surface area (TPSA) is 54.8 Å². The van der Waals surface area contributed by atoms with Crippen LogP contribution in [-0.2, 0) is 15.6 Å². The summed E-state index contributed by atoms with van der Waals surface area (Å²) in [7, 11) is 1.76. The van der Waals surface area contributed by atoms with E-state index in [1.54, 1.807) is 19.3 Å². The molecule has 1 aromatic heterocycles. The summed E-state index contributed by atoms with van der Waals surface area (Å²) in [6.45, 7) is 19.2. The smallest absolute Gasteiger partial charge is 0.269 e. The number of fused-ring (bicyclic) bond motifs is 5. The van der Waals surface area contributed by atoms with Crippen molar-refractivity contribution in [1.82, 2.24) is 4.57 Å². The number of nitrogens with zero attached hydrogens (tertiary/aromatic N) is 4. The summed E-state index contributed by atoms with van der Waals surface area (Å²) in [6.07, 6.45) is 13.7. The van der Waals surface area contributed by atoms with E-state index >= 15 is 0 Å². The van der Waals surface area contributed by atoms with E-state index < -0.39 is 0 Å². The van der Waals surface area contributed by atoms with Gasteiger partial charge >= 0.3 is 0 Å². The first-order valence-corrected chi connectivity index (χ1v) is 21.0. The Hall–Kier alpha value is -7.28. The summed E-state index contributed by atoms with van der Waals surface area (Å²) in [6, 6.07) is 38.8. The van der Waals surface area contributed by atoms with Crippen LogP contribution in [0, 0.1) is 17.9 Å². The average Bonchev–Trinajstić information content (AvgIpc) is 3.60. The Balaban J connectivity index is 1.09. The van der Waals surface area contributed by atoms with Crippen molar-refractivity contribution in [3.8, 4) is 17.5 Å². The number of para-hydroxylation sites is 2. The van der Waals surface area contributed by atoms with E-state index in [2.05, 4.69) is 163 Å². The van der Waals surface area contributed by atoms with Gasteiger partial charge in [-0.05, 0) is 99.7 Å². The highest BCUT2D eigenvalue weighted by atomic mass is 16.5. The number of rotatable bonds is 6. The normalized spacial score (nSPS) is 17.6. The van der Waals surface area contributed by atoms with Crippen molar-refractivity contribution in [2.75, 3.05) is 25.1 Å². The Labute approximate surface area is 357 Å². The summed E-state index contributed by atoms with van der Waals surface area (Å²) in [5, 5.41) is 16.9. The van der Waals surface area contributed by atoms with E-state index in [-0.39, 0.29) is 16.5 Å². The number of benzene rings is 6. The standard InChI is InChI=1S/C55H46N4O2/c1-54(2)27-29-58-30-28-55(3,4)50-52(58)46(54)33-35(53(50)60-6)23-24-37-31-36(47(34-56)57-5)32-38(61-37)25-26-41-39-15-7-9-19-44(39)51(45-20-10-8-16-40(41)45)59-48-21-13-11-17-42(48)43-18-12-14-22-49(43)59/h7-26,31-33H,27-30H2,1-4,6H3. The molecule has 0 N–H and O–H groups in total. The Morgan fingerprint density at radius 1 is 0.705 bits per heavy atom. The maximum Gasteiger partial charge on any atom is 0.269 e. The highest BCUT2D eigenvalue weighted by Gasteiger charge is 2.42. The van der Waals surface area contributed by atoms with E-state index in [4.69, 9.17) is 16.0 Å². The van der Waals surface area contributed by atoms with E-state index in [0.29, 0.717) is 17.1 Å². The Bertz CT molecular complexity index is 3120. The number of methoxy groups -OCH3 is 1. The predicted molar refractivity (Wildman–Crippen MR) is 251 cm³/mol. The molecule has 0 spiro atoms. The van der Waals surface area contributed by atoms with E-state index in [0.717, 1.165) is 81.1 Å². The lowest BCUT2D eigenvalue weighted by Gasteiger charge is -2.48. The molecule has 0 saturated heterocycles. The molecule has 0 bridgehead atoms. The largest absolute Gasteiger partial charge is 0.496 e. The van der Waals surface area contributed by atoms with Crippen LogP contribution in [0.5, 0.6) is 5.75 Å². The molecular formula is C55H46N4O2. The summed E-state index contributed by atoms with van der Waals surface area (Å²) in [5.41, 5.74) is 9.87. The molecule has 0 saturated carbocycles. The van der Waals surface area contributed by atoms with Gasteiger partial charge in [0.25, 0.3) is 5.70 Å². The number of allylic oxidation sites excluding steroid dienone is 6. The van der Waals surface area contributed by atoms with Crippen LogP contribution in [0.1, 0.15) is 62.8 Å². The third-order valence-electron chi connectivity index (χ3n) is 13.1. The van der Waals surface area contributed by atoms with Crippen molar-refractivity contribution >= 4 is 61.2 Å². The Morgan fingerprint density at radius 3 is 1.79 bits per heavy atom. The maximum atomic E-state index is 10.0. The van der Waals surface area contributed by atoms with Crippen molar-refractivity contribution in [2.45, 2.75) is 51.4 Å². The average molecular weight is 795 g/mol. The summed E-state index contributed by atoms with van der Waals surface area (Å²) in [4.78, 5) is 6.13. The minimum absolute atomic E-state index is 0.00547. The van der Waals surface area contributed by atoms with Crippen molar-refractivity contribution < 1.29 is 9.47 Å². The molecule has 0 unspecified atom stereocenters. The van der Waals surface area contributed by atoms with Crippen LogP contribution >= 0.6 is 0 Å². The number of aromatic nitrogens is 1. The SMILES string of the molecule is [C-]#[N+]C(C#N)=C1C=C(C=Cc2cc3c4c(c2OC)C(C)(C)CCN4CCC3(C)C)OC(C=Cc2c3ccccc3c(-n3c4ccccc4c4ccccc43)c3ccccc23)=C1. The maximum absolute atomic E-state index is 10.0. The molecule has 0 aliphatic carbocycles.